The van der Waals surface area contributed by atoms with Crippen LogP contribution in [-0.4, -0.2) is 30.2 Å². The van der Waals surface area contributed by atoms with Crippen molar-refractivity contribution in [2.75, 3.05) is 6.61 Å². The molecule has 3 aromatic rings. The van der Waals surface area contributed by atoms with Crippen molar-refractivity contribution in [1.29, 1.82) is 0 Å². The number of unbranched alkanes of at least 4 members (excludes halogenated alkanes) is 2. The highest BCUT2D eigenvalue weighted by atomic mass is 31.1. The first kappa shape index (κ1) is 24.7. The number of hydrogen-bond donors (Lipinski definition) is 1. The van der Waals surface area contributed by atoms with Crippen molar-refractivity contribution < 1.29 is 14.0 Å². The number of nitrogens with zero attached hydrogens (tertiary/aromatic N) is 4. The predicted molar refractivity (Wildman–Crippen MR) is 120 cm³/mol. The van der Waals surface area contributed by atoms with E-state index in [0.29, 0.717) is 30.6 Å². The van der Waals surface area contributed by atoms with Gasteiger partial charge in [-0.2, -0.15) is 0 Å². The van der Waals surface area contributed by atoms with Crippen LogP contribution >= 0.6 is 8.25 Å². The molecule has 2 aromatic heterocycles. The summed E-state index contributed by atoms with van der Waals surface area (Å²) in [4.78, 5) is 38.4. The highest BCUT2D eigenvalue weighted by Gasteiger charge is 2.16. The summed E-state index contributed by atoms with van der Waals surface area (Å²) in [5.41, 5.74) is 0.759. The second kappa shape index (κ2) is 12.3. The van der Waals surface area contributed by atoms with Gasteiger partial charge in [-0.1, -0.05) is 57.0 Å². The molecule has 0 aliphatic rings. The monoisotopic (exact) mass is 449 g/mol. The second-order valence-corrected chi connectivity index (χ2v) is 7.84. The predicted octanol–water partition coefficient (Wildman–Crippen LogP) is 3.20. The fourth-order valence-corrected chi connectivity index (χ4v) is 3.21. The standard InChI is InChI=1S/C17H19N4O5P.C4H10/c1-19-15-14(20(12-18-15)9-5-6-10-26-27(24)25)16(22)21(17(19)23)11-13-7-3-2-4-8-13;1-3-4-2/h2-4,7-8,12H,5-6,9-11H2,1H3;3-4H2,1-2H3/p+1. The topological polar surface area (TPSA) is 108 Å². The molecule has 0 amide bonds. The molecule has 1 unspecified atom stereocenters. The van der Waals surface area contributed by atoms with Crippen LogP contribution in [0, 0.1) is 0 Å². The first-order chi connectivity index (χ1) is 14.9. The number of rotatable bonds is 9. The third-order valence-corrected chi connectivity index (χ3v) is 5.18. The van der Waals surface area contributed by atoms with Crippen molar-refractivity contribution in [3.8, 4) is 0 Å². The normalized spacial score (nSPS) is 11.3. The number of aryl methyl sites for hydroxylation is 2. The first-order valence-corrected chi connectivity index (χ1v) is 11.5. The molecule has 0 saturated heterocycles. The third kappa shape index (κ3) is 6.69. The molecule has 3 rings (SSSR count). The summed E-state index contributed by atoms with van der Waals surface area (Å²) >= 11 is 0. The van der Waals surface area contributed by atoms with E-state index in [1.165, 1.54) is 28.3 Å². The minimum absolute atomic E-state index is 0.162. The third-order valence-electron chi connectivity index (χ3n) is 4.78. The SMILES string of the molecule is CCCC.Cn1c(=O)n(Cc2ccccc2)c(=O)c2c1ncn2CCCCO[P+](=O)O. The Morgan fingerprint density at radius 1 is 1.10 bits per heavy atom. The number of fused-ring (bicyclic) bond motifs is 1. The molecule has 1 aromatic carbocycles. The van der Waals surface area contributed by atoms with Crippen molar-refractivity contribution in [3.05, 3.63) is 63.1 Å². The van der Waals surface area contributed by atoms with E-state index in [0.717, 1.165) is 5.56 Å². The van der Waals surface area contributed by atoms with E-state index < -0.39 is 13.9 Å². The molecule has 31 heavy (non-hydrogen) atoms. The van der Waals surface area contributed by atoms with Crippen LogP contribution in [0.3, 0.4) is 0 Å². The molecule has 2 heterocycles. The zero-order chi connectivity index (χ0) is 22.8. The van der Waals surface area contributed by atoms with E-state index in [1.807, 2.05) is 30.3 Å². The van der Waals surface area contributed by atoms with Gasteiger partial charge in [0.05, 0.1) is 12.9 Å². The number of aromatic nitrogens is 4. The summed E-state index contributed by atoms with van der Waals surface area (Å²) in [5.74, 6) is 0. The van der Waals surface area contributed by atoms with Gasteiger partial charge in [0.15, 0.2) is 11.2 Å². The van der Waals surface area contributed by atoms with Crippen LogP contribution in [0.25, 0.3) is 11.2 Å². The Bertz CT molecular complexity index is 1100. The summed E-state index contributed by atoms with van der Waals surface area (Å²) in [5, 5.41) is 0. The Kier molecular flexibility index (Phi) is 9.78. The average Bonchev–Trinajstić information content (AvgIpc) is 3.20. The van der Waals surface area contributed by atoms with Crippen molar-refractivity contribution in [3.63, 3.8) is 0 Å². The number of hydrogen-bond acceptors (Lipinski definition) is 5. The minimum atomic E-state index is -2.59. The Hall–Kier alpha value is -2.61. The molecule has 9 nitrogen and oxygen atoms in total. The lowest BCUT2D eigenvalue weighted by molar-refractivity contribution is 0.273. The van der Waals surface area contributed by atoms with Gasteiger partial charge in [-0.25, -0.2) is 9.78 Å². The van der Waals surface area contributed by atoms with Crippen LogP contribution in [0.5, 0.6) is 0 Å². The molecule has 168 valence electrons. The maximum absolute atomic E-state index is 13.0. The summed E-state index contributed by atoms with van der Waals surface area (Å²) < 4.78 is 19.4. The van der Waals surface area contributed by atoms with Crippen molar-refractivity contribution in [2.24, 2.45) is 7.05 Å². The van der Waals surface area contributed by atoms with Gasteiger partial charge in [-0.3, -0.25) is 13.9 Å². The molecular formula is C21H30N4O5P+. The highest BCUT2D eigenvalue weighted by Crippen LogP contribution is 2.15. The van der Waals surface area contributed by atoms with E-state index in [9.17, 15) is 14.2 Å². The minimum Gasteiger partial charge on any atom is -0.325 e. The van der Waals surface area contributed by atoms with Crippen LogP contribution in [0.2, 0.25) is 0 Å². The molecule has 0 aliphatic heterocycles. The van der Waals surface area contributed by atoms with E-state index in [-0.39, 0.29) is 18.7 Å². The summed E-state index contributed by atoms with van der Waals surface area (Å²) in [6.07, 6.45) is 5.37. The van der Waals surface area contributed by atoms with Gasteiger partial charge in [0, 0.05) is 18.2 Å². The Morgan fingerprint density at radius 2 is 1.77 bits per heavy atom. The van der Waals surface area contributed by atoms with Gasteiger partial charge in [0.2, 0.25) is 0 Å². The average molecular weight is 449 g/mol. The van der Waals surface area contributed by atoms with Crippen molar-refractivity contribution in [1.82, 2.24) is 18.7 Å². The lowest BCUT2D eigenvalue weighted by Gasteiger charge is -2.10. The van der Waals surface area contributed by atoms with Crippen LogP contribution in [0.4, 0.5) is 0 Å². The molecule has 0 bridgehead atoms. The van der Waals surface area contributed by atoms with Gasteiger partial charge in [-0.15, -0.1) is 9.42 Å². The lowest BCUT2D eigenvalue weighted by atomic mass is 10.2. The smallest absolute Gasteiger partial charge is 0.325 e. The van der Waals surface area contributed by atoms with E-state index in [1.54, 1.807) is 11.6 Å². The van der Waals surface area contributed by atoms with Gasteiger partial charge < -0.3 is 4.57 Å². The highest BCUT2D eigenvalue weighted by molar-refractivity contribution is 7.32. The molecule has 0 fully saturated rings. The number of imidazole rings is 1. The first-order valence-electron chi connectivity index (χ1n) is 10.4. The zero-order valence-electron chi connectivity index (χ0n) is 18.2. The molecular weight excluding hydrogens is 419 g/mol. The molecule has 0 saturated carbocycles. The molecule has 0 radical (unpaired) electrons. The maximum Gasteiger partial charge on any atom is 0.694 e. The van der Waals surface area contributed by atoms with E-state index >= 15 is 0 Å². The quantitative estimate of drug-likeness (QED) is 0.397. The largest absolute Gasteiger partial charge is 0.694 e. The van der Waals surface area contributed by atoms with Crippen LogP contribution in [0.15, 0.2) is 46.2 Å². The van der Waals surface area contributed by atoms with Gasteiger partial charge in [-0.05, 0) is 18.4 Å². The lowest BCUT2D eigenvalue weighted by Crippen LogP contribution is -2.40. The Balaban J connectivity index is 0.000000785. The zero-order valence-corrected chi connectivity index (χ0v) is 19.1. The molecule has 1 N–H and O–H groups in total. The van der Waals surface area contributed by atoms with Crippen LogP contribution in [-0.2, 0) is 29.2 Å². The summed E-state index contributed by atoms with van der Waals surface area (Å²) in [6.45, 7) is 5.20. The van der Waals surface area contributed by atoms with Crippen molar-refractivity contribution in [2.45, 2.75) is 52.6 Å². The fraction of sp³-hybridized carbons (Fsp3) is 0.476. The fourth-order valence-electron chi connectivity index (χ4n) is 2.92. The van der Waals surface area contributed by atoms with Gasteiger partial charge in [0.25, 0.3) is 5.56 Å². The van der Waals surface area contributed by atoms with Gasteiger partial charge in [0.1, 0.15) is 6.61 Å². The number of benzene rings is 1. The summed E-state index contributed by atoms with van der Waals surface area (Å²) in [6, 6.07) is 9.31. The molecule has 10 heteroatoms. The summed E-state index contributed by atoms with van der Waals surface area (Å²) in [7, 11) is -1.00. The van der Waals surface area contributed by atoms with Crippen LogP contribution < -0.4 is 11.2 Å². The Labute approximate surface area is 181 Å². The molecule has 1 atom stereocenters. The second-order valence-electron chi connectivity index (χ2n) is 7.11. The van der Waals surface area contributed by atoms with Gasteiger partial charge >= 0.3 is 13.9 Å². The molecule has 0 aliphatic carbocycles. The Morgan fingerprint density at radius 3 is 2.39 bits per heavy atom. The van der Waals surface area contributed by atoms with Crippen molar-refractivity contribution >= 4 is 19.4 Å². The van der Waals surface area contributed by atoms with Crippen LogP contribution in [0.1, 0.15) is 45.1 Å². The van der Waals surface area contributed by atoms with E-state index in [2.05, 4.69) is 23.4 Å². The molecule has 0 spiro atoms. The maximum atomic E-state index is 13.0. The van der Waals surface area contributed by atoms with E-state index in [4.69, 9.17) is 4.89 Å².